The Hall–Kier alpha value is -8.51. The summed E-state index contributed by atoms with van der Waals surface area (Å²) in [6, 6.07) is 73.8. The summed E-state index contributed by atoms with van der Waals surface area (Å²) >= 11 is 0. The molecular formula is C55H33N5. The summed E-state index contributed by atoms with van der Waals surface area (Å²) in [5.74, 6) is 0. The second-order valence-electron chi connectivity index (χ2n) is 14.9. The molecule has 60 heavy (non-hydrogen) atoms. The Kier molecular flexibility index (Phi) is 8.19. The van der Waals surface area contributed by atoms with Gasteiger partial charge in [0, 0.05) is 49.6 Å². The van der Waals surface area contributed by atoms with Crippen molar-refractivity contribution in [3.8, 4) is 68.3 Å². The number of nitriles is 2. The van der Waals surface area contributed by atoms with E-state index in [4.69, 9.17) is 4.98 Å². The highest BCUT2D eigenvalue weighted by Gasteiger charge is 2.24. The van der Waals surface area contributed by atoms with Crippen LogP contribution < -0.4 is 0 Å². The molecule has 0 bridgehead atoms. The summed E-state index contributed by atoms with van der Waals surface area (Å²) in [6.07, 6.45) is 0. The molecule has 0 radical (unpaired) electrons. The molecule has 3 heterocycles. The Balaban J connectivity index is 1.10. The Morgan fingerprint density at radius 3 is 1.32 bits per heavy atom. The standard InChI is InChI=1S/C55H33N5/c56-34-47-53(37-15-5-1-6-16-37)48(35-57)55(58-54(47)38-17-7-2-8-18-38)39-27-25-36(26-28-39)40-29-30-50-44(31-40)46-33-51-45(32-52(46)60(50)42-21-11-4-12-22-42)43-23-13-14-24-49(43)59(51)41-19-9-3-10-20-41/h1-33H. The first-order valence-corrected chi connectivity index (χ1v) is 19.9. The van der Waals surface area contributed by atoms with Crippen molar-refractivity contribution < 1.29 is 0 Å². The number of nitrogens with zero attached hydrogens (tertiary/aromatic N) is 5. The maximum Gasteiger partial charge on any atom is 0.102 e. The number of rotatable bonds is 6. The molecule has 5 heteroatoms. The van der Waals surface area contributed by atoms with Crippen LogP contribution in [0.4, 0.5) is 0 Å². The van der Waals surface area contributed by atoms with E-state index in [-0.39, 0.29) is 0 Å². The van der Waals surface area contributed by atoms with E-state index in [2.05, 4.69) is 149 Å². The van der Waals surface area contributed by atoms with E-state index in [9.17, 15) is 10.5 Å². The normalized spacial score (nSPS) is 11.3. The van der Waals surface area contributed by atoms with Gasteiger partial charge in [0.2, 0.25) is 0 Å². The zero-order valence-electron chi connectivity index (χ0n) is 32.3. The van der Waals surface area contributed by atoms with Gasteiger partial charge in [-0.15, -0.1) is 0 Å². The number of pyridine rings is 1. The second kappa shape index (κ2) is 14.1. The summed E-state index contributed by atoms with van der Waals surface area (Å²) in [5, 5.41) is 26.0. The molecule has 278 valence electrons. The smallest absolute Gasteiger partial charge is 0.102 e. The lowest BCUT2D eigenvalue weighted by atomic mass is 9.89. The van der Waals surface area contributed by atoms with Gasteiger partial charge in [0.25, 0.3) is 0 Å². The van der Waals surface area contributed by atoms with E-state index >= 15 is 0 Å². The maximum absolute atomic E-state index is 10.7. The third kappa shape index (κ3) is 5.50. The van der Waals surface area contributed by atoms with Crippen molar-refractivity contribution in [3.05, 3.63) is 211 Å². The molecule has 5 nitrogen and oxygen atoms in total. The van der Waals surface area contributed by atoms with E-state index in [1.165, 1.54) is 21.7 Å². The quantitative estimate of drug-likeness (QED) is 0.169. The number of fused-ring (bicyclic) bond motifs is 6. The number of aromatic nitrogens is 3. The van der Waals surface area contributed by atoms with Gasteiger partial charge in [-0.3, -0.25) is 0 Å². The third-order valence-electron chi connectivity index (χ3n) is 11.6. The molecule has 0 aliphatic heterocycles. The summed E-state index contributed by atoms with van der Waals surface area (Å²) in [7, 11) is 0. The minimum absolute atomic E-state index is 0.375. The Labute approximate surface area is 346 Å². The Morgan fingerprint density at radius 2 is 0.750 bits per heavy atom. The summed E-state index contributed by atoms with van der Waals surface area (Å²) < 4.78 is 4.75. The molecule has 0 aliphatic rings. The van der Waals surface area contributed by atoms with Crippen LogP contribution in [0.25, 0.3) is 99.8 Å². The minimum Gasteiger partial charge on any atom is -0.309 e. The van der Waals surface area contributed by atoms with E-state index in [0.717, 1.165) is 61.1 Å². The van der Waals surface area contributed by atoms with Crippen LogP contribution in [-0.4, -0.2) is 14.1 Å². The van der Waals surface area contributed by atoms with E-state index in [0.29, 0.717) is 28.1 Å². The van der Waals surface area contributed by atoms with Gasteiger partial charge in [0.1, 0.15) is 12.1 Å². The van der Waals surface area contributed by atoms with E-state index < -0.39 is 0 Å². The van der Waals surface area contributed by atoms with Crippen molar-refractivity contribution in [2.45, 2.75) is 0 Å². The minimum atomic E-state index is 0.375. The SMILES string of the molecule is N#Cc1c(-c2ccccc2)nc(-c2ccc(-c3ccc4c(c3)c3cc5c(cc3n4-c3ccccc3)c3ccccc3n5-c3ccccc3)cc2)c(C#N)c1-c1ccccc1. The maximum atomic E-state index is 10.7. The fourth-order valence-electron chi connectivity index (χ4n) is 8.90. The van der Waals surface area contributed by atoms with Gasteiger partial charge < -0.3 is 9.13 Å². The van der Waals surface area contributed by atoms with Crippen LogP contribution in [0.2, 0.25) is 0 Å². The lowest BCUT2D eigenvalue weighted by molar-refractivity contribution is 1.17. The van der Waals surface area contributed by atoms with Crippen LogP contribution in [0.1, 0.15) is 11.1 Å². The zero-order valence-corrected chi connectivity index (χ0v) is 32.3. The summed E-state index contributed by atoms with van der Waals surface area (Å²) in [4.78, 5) is 5.07. The van der Waals surface area contributed by atoms with E-state index in [1.54, 1.807) is 0 Å². The number of hydrogen-bond acceptors (Lipinski definition) is 3. The predicted octanol–water partition coefficient (Wildman–Crippen LogP) is 13.7. The van der Waals surface area contributed by atoms with Gasteiger partial charge in [-0.1, -0.05) is 146 Å². The molecule has 3 aromatic heterocycles. The molecule has 11 aromatic rings. The largest absolute Gasteiger partial charge is 0.309 e. The zero-order chi connectivity index (χ0) is 40.2. The van der Waals surface area contributed by atoms with Crippen LogP contribution in [0.5, 0.6) is 0 Å². The molecule has 0 saturated carbocycles. The van der Waals surface area contributed by atoms with Crippen molar-refractivity contribution in [1.82, 2.24) is 14.1 Å². The molecule has 11 rings (SSSR count). The summed E-state index contributed by atoms with van der Waals surface area (Å²) in [5.41, 5.74) is 13.8. The first-order chi connectivity index (χ1) is 29.7. The van der Waals surface area contributed by atoms with Crippen LogP contribution in [0.3, 0.4) is 0 Å². The monoisotopic (exact) mass is 763 g/mol. The molecule has 0 unspecified atom stereocenters. The van der Waals surface area contributed by atoms with Crippen molar-refractivity contribution in [3.63, 3.8) is 0 Å². The van der Waals surface area contributed by atoms with E-state index in [1.807, 2.05) is 72.8 Å². The first-order valence-electron chi connectivity index (χ1n) is 19.9. The van der Waals surface area contributed by atoms with Gasteiger partial charge in [-0.25, -0.2) is 4.98 Å². The summed E-state index contributed by atoms with van der Waals surface area (Å²) in [6.45, 7) is 0. The van der Waals surface area contributed by atoms with Gasteiger partial charge >= 0.3 is 0 Å². The fourth-order valence-corrected chi connectivity index (χ4v) is 8.90. The van der Waals surface area contributed by atoms with Gasteiger partial charge in [0.05, 0.1) is 44.6 Å². The lowest BCUT2D eigenvalue weighted by Crippen LogP contribution is -2.01. The van der Waals surface area contributed by atoms with Crippen LogP contribution in [0, 0.1) is 22.7 Å². The molecule has 0 saturated heterocycles. The highest BCUT2D eigenvalue weighted by molar-refractivity contribution is 6.19. The van der Waals surface area contributed by atoms with Gasteiger partial charge in [-0.2, -0.15) is 10.5 Å². The number of para-hydroxylation sites is 3. The van der Waals surface area contributed by atoms with Crippen molar-refractivity contribution >= 4 is 43.6 Å². The first kappa shape index (κ1) is 34.7. The molecule has 0 spiro atoms. The fraction of sp³-hybridized carbons (Fsp3) is 0. The van der Waals surface area contributed by atoms with Crippen molar-refractivity contribution in [2.75, 3.05) is 0 Å². The molecule has 0 fully saturated rings. The average Bonchev–Trinajstić information content (AvgIpc) is 3.82. The predicted molar refractivity (Wildman–Crippen MR) is 244 cm³/mol. The number of hydrogen-bond donors (Lipinski definition) is 0. The van der Waals surface area contributed by atoms with Crippen LogP contribution in [0.15, 0.2) is 200 Å². The lowest BCUT2D eigenvalue weighted by Gasteiger charge is -2.16. The highest BCUT2D eigenvalue weighted by Crippen LogP contribution is 2.42. The highest BCUT2D eigenvalue weighted by atomic mass is 15.0. The third-order valence-corrected chi connectivity index (χ3v) is 11.6. The topological polar surface area (TPSA) is 70.3 Å². The second-order valence-corrected chi connectivity index (χ2v) is 14.9. The Morgan fingerprint density at radius 1 is 0.333 bits per heavy atom. The molecule has 0 aliphatic carbocycles. The van der Waals surface area contributed by atoms with Crippen molar-refractivity contribution in [1.29, 1.82) is 10.5 Å². The molecular weight excluding hydrogens is 731 g/mol. The van der Waals surface area contributed by atoms with Gasteiger partial charge in [-0.05, 0) is 71.3 Å². The average molecular weight is 764 g/mol. The molecule has 0 N–H and O–H groups in total. The van der Waals surface area contributed by atoms with Crippen LogP contribution in [-0.2, 0) is 0 Å². The molecule has 8 aromatic carbocycles. The van der Waals surface area contributed by atoms with Crippen LogP contribution >= 0.6 is 0 Å². The molecule has 0 amide bonds. The Bertz CT molecular complexity index is 3520. The number of benzene rings is 8. The van der Waals surface area contributed by atoms with Gasteiger partial charge in [0.15, 0.2) is 0 Å². The molecule has 0 atom stereocenters. The van der Waals surface area contributed by atoms with Crippen molar-refractivity contribution in [2.24, 2.45) is 0 Å².